The van der Waals surface area contributed by atoms with Gasteiger partial charge in [-0.1, -0.05) is 41.9 Å². The Morgan fingerprint density at radius 2 is 1.97 bits per heavy atom. The topological polar surface area (TPSA) is 69.0 Å². The van der Waals surface area contributed by atoms with Crippen LogP contribution in [0.15, 0.2) is 54.6 Å². The van der Waals surface area contributed by atoms with E-state index >= 15 is 0 Å². The third-order valence-corrected chi connectivity index (χ3v) is 6.27. The van der Waals surface area contributed by atoms with Gasteiger partial charge in [-0.25, -0.2) is 4.68 Å². The van der Waals surface area contributed by atoms with E-state index in [0.717, 1.165) is 36.3 Å². The lowest BCUT2D eigenvalue weighted by Crippen LogP contribution is -2.39. The molecule has 7 nitrogen and oxygen atoms in total. The standard InChI is InChI=1S/C27H34ClN3O4/c1-3-33-19-22(32)16-31(17-24-10-7-15-34-24)18-25-26(20-8-5-4-6-9-20)29-30(2)27(25)35-23-13-11-21(28)12-14-23/h4-6,8-9,11-14,22,24,32H,3,7,10,15-19H2,1-2H3/t22-,24+/m0/s1. The Morgan fingerprint density at radius 3 is 2.66 bits per heavy atom. The van der Waals surface area contributed by atoms with Crippen molar-refractivity contribution in [3.63, 3.8) is 0 Å². The summed E-state index contributed by atoms with van der Waals surface area (Å²) >= 11 is 6.07. The summed E-state index contributed by atoms with van der Waals surface area (Å²) in [5, 5.41) is 16.1. The van der Waals surface area contributed by atoms with Crippen LogP contribution in [0.1, 0.15) is 25.3 Å². The molecule has 0 unspecified atom stereocenters. The van der Waals surface area contributed by atoms with Crippen LogP contribution < -0.4 is 4.74 Å². The summed E-state index contributed by atoms with van der Waals surface area (Å²) in [6.45, 7) is 5.31. The van der Waals surface area contributed by atoms with Gasteiger partial charge in [0, 0.05) is 50.5 Å². The van der Waals surface area contributed by atoms with Gasteiger partial charge >= 0.3 is 0 Å². The Kier molecular flexibility index (Phi) is 9.18. The molecule has 0 radical (unpaired) electrons. The summed E-state index contributed by atoms with van der Waals surface area (Å²) < 4.78 is 19.5. The molecule has 188 valence electrons. The van der Waals surface area contributed by atoms with Gasteiger partial charge in [0.15, 0.2) is 0 Å². The summed E-state index contributed by atoms with van der Waals surface area (Å²) in [5.74, 6) is 1.34. The molecule has 3 aromatic rings. The van der Waals surface area contributed by atoms with Crippen molar-refractivity contribution in [2.45, 2.75) is 38.5 Å². The highest BCUT2D eigenvalue weighted by Gasteiger charge is 2.26. The molecule has 1 fully saturated rings. The number of benzene rings is 2. The molecular formula is C27H34ClN3O4. The van der Waals surface area contributed by atoms with Crippen LogP contribution in [0.2, 0.25) is 5.02 Å². The molecule has 1 aliphatic heterocycles. The monoisotopic (exact) mass is 499 g/mol. The Morgan fingerprint density at radius 1 is 1.20 bits per heavy atom. The Balaban J connectivity index is 1.66. The summed E-state index contributed by atoms with van der Waals surface area (Å²) in [7, 11) is 1.88. The van der Waals surface area contributed by atoms with Gasteiger partial charge in [-0.2, -0.15) is 5.10 Å². The minimum absolute atomic E-state index is 0.145. The van der Waals surface area contributed by atoms with Crippen molar-refractivity contribution >= 4 is 11.6 Å². The van der Waals surface area contributed by atoms with Crippen LogP contribution >= 0.6 is 11.6 Å². The number of rotatable bonds is 12. The molecule has 35 heavy (non-hydrogen) atoms. The van der Waals surface area contributed by atoms with Gasteiger partial charge in [0.1, 0.15) is 11.4 Å². The number of hydrogen-bond acceptors (Lipinski definition) is 6. The summed E-state index contributed by atoms with van der Waals surface area (Å²) in [4.78, 5) is 2.22. The maximum atomic E-state index is 10.7. The van der Waals surface area contributed by atoms with Gasteiger partial charge in [0.05, 0.1) is 24.4 Å². The third kappa shape index (κ3) is 7.06. The molecule has 0 bridgehead atoms. The van der Waals surface area contributed by atoms with E-state index in [0.29, 0.717) is 49.5 Å². The van der Waals surface area contributed by atoms with Gasteiger partial charge in [-0.15, -0.1) is 0 Å². The van der Waals surface area contributed by atoms with Crippen molar-refractivity contribution in [1.82, 2.24) is 14.7 Å². The molecule has 4 rings (SSSR count). The molecule has 0 aliphatic carbocycles. The molecule has 0 saturated carbocycles. The second-order valence-corrected chi connectivity index (χ2v) is 9.26. The molecule has 1 N–H and O–H groups in total. The van der Waals surface area contributed by atoms with E-state index in [1.807, 2.05) is 56.4 Å². The Hall–Kier alpha value is -2.42. The number of ether oxygens (including phenoxy) is 3. The van der Waals surface area contributed by atoms with E-state index in [1.54, 1.807) is 16.8 Å². The zero-order chi connectivity index (χ0) is 24.6. The van der Waals surface area contributed by atoms with Crippen molar-refractivity contribution in [3.05, 3.63) is 65.2 Å². The number of hydrogen-bond donors (Lipinski definition) is 1. The largest absolute Gasteiger partial charge is 0.439 e. The molecule has 2 aromatic carbocycles. The summed E-state index contributed by atoms with van der Waals surface area (Å²) in [5.41, 5.74) is 2.82. The predicted molar refractivity (Wildman–Crippen MR) is 137 cm³/mol. The first-order valence-electron chi connectivity index (χ1n) is 12.2. The average molecular weight is 500 g/mol. The Labute approximate surface area is 212 Å². The van der Waals surface area contributed by atoms with Crippen LogP contribution in [-0.4, -0.2) is 64.9 Å². The quantitative estimate of drug-likeness (QED) is 0.382. The van der Waals surface area contributed by atoms with E-state index in [1.165, 1.54) is 0 Å². The molecule has 8 heteroatoms. The van der Waals surface area contributed by atoms with Gasteiger partial charge in [0.2, 0.25) is 5.88 Å². The highest BCUT2D eigenvalue weighted by atomic mass is 35.5. The number of nitrogens with zero attached hydrogens (tertiary/aromatic N) is 3. The van der Waals surface area contributed by atoms with Crippen LogP contribution in [0.25, 0.3) is 11.3 Å². The maximum Gasteiger partial charge on any atom is 0.222 e. The average Bonchev–Trinajstić information content (AvgIpc) is 3.48. The lowest BCUT2D eigenvalue weighted by atomic mass is 10.1. The fourth-order valence-electron chi connectivity index (χ4n) is 4.37. The third-order valence-electron chi connectivity index (χ3n) is 6.01. The normalized spacial score (nSPS) is 16.7. The molecule has 1 aromatic heterocycles. The van der Waals surface area contributed by atoms with Crippen molar-refractivity contribution in [2.75, 3.05) is 32.9 Å². The van der Waals surface area contributed by atoms with E-state index in [-0.39, 0.29) is 6.10 Å². The molecule has 0 spiro atoms. The predicted octanol–water partition coefficient (Wildman–Crippen LogP) is 4.91. The molecular weight excluding hydrogens is 466 g/mol. The highest BCUT2D eigenvalue weighted by Crippen LogP contribution is 2.34. The van der Waals surface area contributed by atoms with Crippen molar-refractivity contribution in [1.29, 1.82) is 0 Å². The molecule has 1 aliphatic rings. The zero-order valence-corrected chi connectivity index (χ0v) is 21.2. The van der Waals surface area contributed by atoms with Crippen LogP contribution in [0.4, 0.5) is 0 Å². The second-order valence-electron chi connectivity index (χ2n) is 8.82. The number of aliphatic hydroxyl groups excluding tert-OH is 1. The van der Waals surface area contributed by atoms with Crippen molar-refractivity contribution in [3.8, 4) is 22.9 Å². The zero-order valence-electron chi connectivity index (χ0n) is 20.4. The minimum atomic E-state index is -0.603. The first-order chi connectivity index (χ1) is 17.0. The van der Waals surface area contributed by atoms with Crippen molar-refractivity contribution in [2.24, 2.45) is 7.05 Å². The number of aliphatic hydroxyl groups is 1. The fraction of sp³-hybridized carbons (Fsp3) is 0.444. The highest BCUT2D eigenvalue weighted by molar-refractivity contribution is 6.30. The summed E-state index contributed by atoms with van der Waals surface area (Å²) in [6.07, 6.45) is 1.62. The Bertz CT molecular complexity index is 1050. The van der Waals surface area contributed by atoms with Crippen molar-refractivity contribution < 1.29 is 19.3 Å². The fourth-order valence-corrected chi connectivity index (χ4v) is 4.50. The van der Waals surface area contributed by atoms with E-state index in [4.69, 9.17) is 30.9 Å². The molecule has 2 heterocycles. The lowest BCUT2D eigenvalue weighted by molar-refractivity contribution is 0.00505. The number of aryl methyl sites for hydroxylation is 1. The summed E-state index contributed by atoms with van der Waals surface area (Å²) in [6, 6.07) is 17.4. The van der Waals surface area contributed by atoms with E-state index < -0.39 is 6.10 Å². The number of aromatic nitrogens is 2. The second kappa shape index (κ2) is 12.5. The SMILES string of the molecule is CCOC[C@@H](O)CN(Cc1c(-c2ccccc2)nn(C)c1Oc1ccc(Cl)cc1)C[C@H]1CCCO1. The number of halogens is 1. The molecule has 2 atom stereocenters. The van der Waals surface area contributed by atoms with Gasteiger partial charge in [0.25, 0.3) is 0 Å². The first kappa shape index (κ1) is 25.7. The smallest absolute Gasteiger partial charge is 0.222 e. The minimum Gasteiger partial charge on any atom is -0.439 e. The van der Waals surface area contributed by atoms with Crippen LogP contribution in [0, 0.1) is 0 Å². The molecule has 1 saturated heterocycles. The van der Waals surface area contributed by atoms with Gasteiger partial charge < -0.3 is 19.3 Å². The molecule has 0 amide bonds. The van der Waals surface area contributed by atoms with E-state index in [2.05, 4.69) is 4.90 Å². The van der Waals surface area contributed by atoms with Crippen LogP contribution in [0.3, 0.4) is 0 Å². The van der Waals surface area contributed by atoms with Gasteiger partial charge in [-0.05, 0) is 44.0 Å². The van der Waals surface area contributed by atoms with E-state index in [9.17, 15) is 5.11 Å². The lowest BCUT2D eigenvalue weighted by Gasteiger charge is -2.27. The first-order valence-corrected chi connectivity index (χ1v) is 12.6. The van der Waals surface area contributed by atoms with Crippen LogP contribution in [-0.2, 0) is 23.1 Å². The van der Waals surface area contributed by atoms with Gasteiger partial charge in [-0.3, -0.25) is 4.90 Å². The van der Waals surface area contributed by atoms with Crippen LogP contribution in [0.5, 0.6) is 11.6 Å². The maximum absolute atomic E-state index is 10.7.